The lowest BCUT2D eigenvalue weighted by Gasteiger charge is -2.47. The molecule has 2 fully saturated rings. The maximum atomic E-state index is 13.4. The molecule has 0 spiro atoms. The quantitative estimate of drug-likeness (QED) is 0.0130. The second-order valence-electron chi connectivity index (χ2n) is 19.4. The van der Waals surface area contributed by atoms with Crippen LogP contribution in [0.2, 0.25) is 0 Å². The molecular weight excluding hydrogens is 932 g/mol. The van der Waals surface area contributed by atoms with Crippen LogP contribution in [-0.4, -0.2) is 151 Å². The third-order valence-electron chi connectivity index (χ3n) is 13.2. The highest BCUT2D eigenvalue weighted by Gasteiger charge is 2.55. The third kappa shape index (κ3) is 27.1. The Morgan fingerprint density at radius 2 is 0.943 bits per heavy atom. The van der Waals surface area contributed by atoms with Crippen LogP contribution in [0.15, 0.2) is 12.2 Å². The summed E-state index contributed by atoms with van der Waals surface area (Å²) in [4.78, 5) is 36.6. The molecule has 0 bridgehead atoms. The molecule has 13 atom stereocenters. The molecule has 0 aromatic rings. The predicted octanol–water partition coefficient (Wildman–Crippen LogP) is 6.88. The van der Waals surface area contributed by atoms with Crippen molar-refractivity contribution in [3.05, 3.63) is 12.2 Å². The van der Waals surface area contributed by atoms with Gasteiger partial charge in [-0.1, -0.05) is 167 Å². The van der Waals surface area contributed by atoms with Gasteiger partial charge < -0.3 is 64.7 Å². The Morgan fingerprint density at radius 3 is 1.43 bits per heavy atom. The number of carbonyl (C=O) groups excluding carboxylic acids is 2. The van der Waals surface area contributed by atoms with E-state index in [4.69, 9.17) is 28.0 Å². The zero-order chi connectivity index (χ0) is 51.6. The lowest BCUT2D eigenvalue weighted by molar-refractivity contribution is -0.338. The number of hydrogen-bond donors (Lipinski definition) is 9. The molecule has 0 aromatic heterocycles. The molecular formula is C51H95O18P. The molecule has 1 heterocycles. The Bertz CT molecular complexity index is 1410. The molecule has 1 aliphatic heterocycles. The predicted molar refractivity (Wildman–Crippen MR) is 263 cm³/mol. The van der Waals surface area contributed by atoms with Crippen molar-refractivity contribution >= 4 is 19.8 Å². The van der Waals surface area contributed by atoms with E-state index in [0.29, 0.717) is 12.8 Å². The molecule has 412 valence electrons. The van der Waals surface area contributed by atoms with Crippen molar-refractivity contribution in [3.63, 3.8) is 0 Å². The SMILES string of the molecule is CCCCCC/C=C\CCCCCCCCCC(=O)OC(COC(=O)CCCCCCCCCCCCCCCCC)COP(=O)(O)OC1C(O)C(O)C(O)C(O)C1OC1OC(CO)C(O)C(O)C1O. The van der Waals surface area contributed by atoms with Crippen molar-refractivity contribution in [2.24, 2.45) is 0 Å². The Kier molecular flexibility index (Phi) is 35.8. The smallest absolute Gasteiger partial charge is 0.462 e. The summed E-state index contributed by atoms with van der Waals surface area (Å²) in [5, 5.41) is 83.0. The van der Waals surface area contributed by atoms with E-state index in [1.807, 2.05) is 0 Å². The molecule has 70 heavy (non-hydrogen) atoms. The van der Waals surface area contributed by atoms with Crippen molar-refractivity contribution in [3.8, 4) is 0 Å². The zero-order valence-corrected chi connectivity index (χ0v) is 43.5. The fourth-order valence-electron chi connectivity index (χ4n) is 8.76. The number of rotatable bonds is 42. The van der Waals surface area contributed by atoms with Gasteiger partial charge in [-0.2, -0.15) is 0 Å². The Labute approximate surface area is 418 Å². The number of ether oxygens (including phenoxy) is 4. The molecule has 18 nitrogen and oxygen atoms in total. The van der Waals surface area contributed by atoms with E-state index in [1.165, 1.54) is 89.9 Å². The Hall–Kier alpha value is -1.61. The molecule has 0 aromatic carbocycles. The zero-order valence-electron chi connectivity index (χ0n) is 42.6. The van der Waals surface area contributed by atoms with Gasteiger partial charge in [0, 0.05) is 12.8 Å². The first kappa shape index (κ1) is 64.5. The lowest BCUT2D eigenvalue weighted by Crippen LogP contribution is -2.67. The first-order valence-electron chi connectivity index (χ1n) is 27.0. The summed E-state index contributed by atoms with van der Waals surface area (Å²) < 4.78 is 45.5. The van der Waals surface area contributed by atoms with E-state index >= 15 is 0 Å². The first-order valence-corrected chi connectivity index (χ1v) is 28.5. The lowest BCUT2D eigenvalue weighted by atomic mass is 9.84. The van der Waals surface area contributed by atoms with Crippen molar-refractivity contribution in [1.29, 1.82) is 0 Å². The molecule has 1 saturated carbocycles. The van der Waals surface area contributed by atoms with Crippen LogP contribution in [0.3, 0.4) is 0 Å². The van der Waals surface area contributed by atoms with Gasteiger partial charge in [0.15, 0.2) is 12.4 Å². The van der Waals surface area contributed by atoms with Crippen LogP contribution in [0, 0.1) is 0 Å². The fraction of sp³-hybridized carbons (Fsp3) is 0.922. The maximum absolute atomic E-state index is 13.4. The number of phosphoric ester groups is 1. The monoisotopic (exact) mass is 1030 g/mol. The summed E-state index contributed by atoms with van der Waals surface area (Å²) in [5.41, 5.74) is 0. The molecule has 13 unspecified atom stereocenters. The highest BCUT2D eigenvalue weighted by Crippen LogP contribution is 2.48. The van der Waals surface area contributed by atoms with Gasteiger partial charge in [0.25, 0.3) is 0 Å². The third-order valence-corrected chi connectivity index (χ3v) is 14.2. The van der Waals surface area contributed by atoms with Gasteiger partial charge in [0.05, 0.1) is 13.2 Å². The van der Waals surface area contributed by atoms with E-state index in [9.17, 15) is 59.9 Å². The molecule has 1 saturated heterocycles. The average Bonchev–Trinajstić information content (AvgIpc) is 3.34. The number of phosphoric acid groups is 1. The number of aliphatic hydroxyl groups is 8. The number of carbonyl (C=O) groups is 2. The molecule has 1 aliphatic carbocycles. The van der Waals surface area contributed by atoms with Gasteiger partial charge in [0.1, 0.15) is 67.6 Å². The molecule has 9 N–H and O–H groups in total. The topological polar surface area (TPSA) is 289 Å². The van der Waals surface area contributed by atoms with Crippen LogP contribution in [0.4, 0.5) is 0 Å². The summed E-state index contributed by atoms with van der Waals surface area (Å²) in [6.45, 7) is 2.24. The van der Waals surface area contributed by atoms with E-state index in [2.05, 4.69) is 26.0 Å². The number of unbranched alkanes of at least 4 members (excludes halogenated alkanes) is 25. The maximum Gasteiger partial charge on any atom is 0.472 e. The minimum absolute atomic E-state index is 0.0310. The van der Waals surface area contributed by atoms with E-state index < -0.39 is 113 Å². The average molecular weight is 1030 g/mol. The molecule has 0 amide bonds. The second-order valence-corrected chi connectivity index (χ2v) is 20.8. The molecule has 2 rings (SSSR count). The number of aliphatic hydroxyl groups excluding tert-OH is 8. The summed E-state index contributed by atoms with van der Waals surface area (Å²) in [6.07, 6.45) is 12.8. The number of hydrogen-bond acceptors (Lipinski definition) is 17. The minimum atomic E-state index is -5.37. The largest absolute Gasteiger partial charge is 0.472 e. The number of esters is 2. The normalized spacial score (nSPS) is 27.4. The van der Waals surface area contributed by atoms with E-state index in [0.717, 1.165) is 77.0 Å². The second kappa shape index (κ2) is 38.9. The summed E-state index contributed by atoms with van der Waals surface area (Å²) in [6, 6.07) is 0. The molecule has 19 heteroatoms. The minimum Gasteiger partial charge on any atom is -0.462 e. The first-order chi connectivity index (χ1) is 33.7. The van der Waals surface area contributed by atoms with Gasteiger partial charge >= 0.3 is 19.8 Å². The van der Waals surface area contributed by atoms with Crippen molar-refractivity contribution in [2.75, 3.05) is 19.8 Å². The van der Waals surface area contributed by atoms with Crippen LogP contribution in [0.5, 0.6) is 0 Å². The van der Waals surface area contributed by atoms with Gasteiger partial charge in [-0.15, -0.1) is 0 Å². The van der Waals surface area contributed by atoms with Crippen LogP contribution < -0.4 is 0 Å². The standard InChI is InChI=1S/C51H95O18P/c1-3-5-7-9-11-13-15-17-19-21-23-25-27-29-31-33-40(53)64-36-38(66-41(54)34-32-30-28-26-24-22-20-18-16-14-12-10-8-6-4-2)37-65-70(62,63)69-50-47(60)45(58)44(57)46(59)49(50)68-51-48(61)43(56)42(55)39(35-52)67-51/h14,16,38-39,42-52,55-61H,3-13,15,17-37H2,1-2H3,(H,62,63)/b16-14-. The number of allylic oxidation sites excluding steroid dienone is 2. The van der Waals surface area contributed by atoms with Gasteiger partial charge in [-0.05, 0) is 38.5 Å². The van der Waals surface area contributed by atoms with Crippen LogP contribution in [0.25, 0.3) is 0 Å². The highest BCUT2D eigenvalue weighted by molar-refractivity contribution is 7.47. The van der Waals surface area contributed by atoms with Gasteiger partial charge in [-0.25, -0.2) is 4.57 Å². The summed E-state index contributed by atoms with van der Waals surface area (Å²) in [5.74, 6) is -1.21. The van der Waals surface area contributed by atoms with Gasteiger partial charge in [0.2, 0.25) is 0 Å². The van der Waals surface area contributed by atoms with Gasteiger partial charge in [-0.3, -0.25) is 18.6 Å². The van der Waals surface area contributed by atoms with E-state index in [-0.39, 0.29) is 12.8 Å². The summed E-state index contributed by atoms with van der Waals surface area (Å²) >= 11 is 0. The van der Waals surface area contributed by atoms with Crippen molar-refractivity contribution in [2.45, 2.75) is 280 Å². The van der Waals surface area contributed by atoms with Crippen molar-refractivity contribution in [1.82, 2.24) is 0 Å². The van der Waals surface area contributed by atoms with Crippen LogP contribution in [-0.2, 0) is 42.1 Å². The Balaban J connectivity index is 1.92. The van der Waals surface area contributed by atoms with E-state index in [1.54, 1.807) is 0 Å². The Morgan fingerprint density at radius 1 is 0.529 bits per heavy atom. The van der Waals surface area contributed by atoms with Crippen LogP contribution in [0.1, 0.15) is 206 Å². The highest BCUT2D eigenvalue weighted by atomic mass is 31.2. The molecule has 2 aliphatic rings. The molecule has 0 radical (unpaired) electrons. The summed E-state index contributed by atoms with van der Waals surface area (Å²) in [7, 11) is -5.37. The fourth-order valence-corrected chi connectivity index (χ4v) is 9.73. The van der Waals surface area contributed by atoms with Crippen molar-refractivity contribution < 1.29 is 87.9 Å². The van der Waals surface area contributed by atoms with Crippen LogP contribution >= 0.6 is 7.82 Å².